The number of anilines is 2. The van der Waals surface area contributed by atoms with Crippen LogP contribution in [0.5, 0.6) is 5.75 Å². The third kappa shape index (κ3) is 4.51. The molecule has 0 bridgehead atoms. The van der Waals surface area contributed by atoms with Gasteiger partial charge in [-0.15, -0.1) is 11.3 Å². The maximum absolute atomic E-state index is 12.1. The predicted molar refractivity (Wildman–Crippen MR) is 103 cm³/mol. The Bertz CT molecular complexity index is 923. The first-order valence-electron chi connectivity index (χ1n) is 8.20. The summed E-state index contributed by atoms with van der Waals surface area (Å²) in [6.45, 7) is 1.77. The number of ether oxygens (including phenoxy) is 2. The summed E-state index contributed by atoms with van der Waals surface area (Å²) in [6.07, 6.45) is 0. The number of para-hydroxylation sites is 1. The van der Waals surface area contributed by atoms with E-state index in [1.165, 1.54) is 25.4 Å². The second-order valence-corrected chi connectivity index (χ2v) is 6.45. The fourth-order valence-electron chi connectivity index (χ4n) is 2.43. The lowest BCUT2D eigenvalue weighted by Crippen LogP contribution is -2.22. The highest BCUT2D eigenvalue weighted by atomic mass is 32.1. The van der Waals surface area contributed by atoms with E-state index in [0.29, 0.717) is 22.1 Å². The number of esters is 1. The summed E-state index contributed by atoms with van der Waals surface area (Å²) < 4.78 is 10.4. The third-order valence-corrected chi connectivity index (χ3v) is 4.60. The average molecular weight is 382 g/mol. The first-order valence-corrected chi connectivity index (χ1v) is 9.08. The van der Waals surface area contributed by atoms with Gasteiger partial charge < -0.3 is 9.47 Å². The molecule has 3 rings (SSSR count). The highest BCUT2D eigenvalue weighted by Gasteiger charge is 2.17. The Morgan fingerprint density at radius 3 is 2.41 bits per heavy atom. The zero-order valence-corrected chi connectivity index (χ0v) is 15.7. The Balaban J connectivity index is 1.68. The maximum Gasteiger partial charge on any atom is 0.337 e. The van der Waals surface area contributed by atoms with Crippen molar-refractivity contribution < 1.29 is 19.1 Å². The quantitative estimate of drug-likeness (QED) is 0.598. The summed E-state index contributed by atoms with van der Waals surface area (Å²) in [6, 6.07) is 16.1. The van der Waals surface area contributed by atoms with Gasteiger partial charge in [0.05, 0.1) is 24.1 Å². The van der Waals surface area contributed by atoms with Gasteiger partial charge in [-0.1, -0.05) is 18.2 Å². The molecule has 0 fully saturated rings. The van der Waals surface area contributed by atoms with Gasteiger partial charge in [0.1, 0.15) is 12.4 Å². The Morgan fingerprint density at radius 1 is 1.07 bits per heavy atom. The van der Waals surface area contributed by atoms with Crippen LogP contribution in [0.25, 0.3) is 0 Å². The lowest BCUT2D eigenvalue weighted by Gasteiger charge is -2.17. The first kappa shape index (κ1) is 18.6. The molecule has 138 valence electrons. The average Bonchev–Trinajstić information content (AvgIpc) is 3.15. The van der Waals surface area contributed by atoms with E-state index in [2.05, 4.69) is 9.72 Å². The van der Waals surface area contributed by atoms with Crippen LogP contribution >= 0.6 is 11.3 Å². The molecule has 0 saturated heterocycles. The van der Waals surface area contributed by atoms with Crippen molar-refractivity contribution in [3.8, 4) is 5.75 Å². The molecule has 0 saturated carbocycles. The van der Waals surface area contributed by atoms with Gasteiger partial charge in [-0.05, 0) is 36.4 Å². The predicted octanol–water partition coefficient (Wildman–Crippen LogP) is 4.19. The summed E-state index contributed by atoms with van der Waals surface area (Å²) in [5.74, 6) is 0.112. The van der Waals surface area contributed by atoms with E-state index in [9.17, 15) is 9.59 Å². The van der Waals surface area contributed by atoms with Crippen molar-refractivity contribution >= 4 is 34.0 Å². The molecule has 0 radical (unpaired) electrons. The van der Waals surface area contributed by atoms with Crippen LogP contribution in [0.1, 0.15) is 23.0 Å². The maximum atomic E-state index is 12.1. The minimum atomic E-state index is -0.393. The molecular formula is C20H18N2O4S. The zero-order chi connectivity index (χ0) is 19.2. The Morgan fingerprint density at radius 2 is 1.78 bits per heavy atom. The van der Waals surface area contributed by atoms with Gasteiger partial charge >= 0.3 is 5.97 Å². The van der Waals surface area contributed by atoms with Gasteiger partial charge in [0.25, 0.3) is 0 Å². The Hall–Kier alpha value is -3.19. The number of benzene rings is 2. The van der Waals surface area contributed by atoms with Crippen molar-refractivity contribution in [2.75, 3.05) is 12.0 Å². The molecule has 0 spiro atoms. The number of methoxy groups -OCH3 is 1. The van der Waals surface area contributed by atoms with Crippen LogP contribution < -0.4 is 9.64 Å². The molecule has 7 heteroatoms. The smallest absolute Gasteiger partial charge is 0.337 e. The summed E-state index contributed by atoms with van der Waals surface area (Å²) in [4.78, 5) is 29.6. The highest BCUT2D eigenvalue weighted by molar-refractivity contribution is 7.14. The highest BCUT2D eigenvalue weighted by Crippen LogP contribution is 2.29. The van der Waals surface area contributed by atoms with E-state index in [4.69, 9.17) is 4.74 Å². The number of amides is 1. The first-order chi connectivity index (χ1) is 13.1. The van der Waals surface area contributed by atoms with Gasteiger partial charge in [-0.25, -0.2) is 9.78 Å². The number of hydrogen-bond donors (Lipinski definition) is 0. The van der Waals surface area contributed by atoms with Gasteiger partial charge in [0.15, 0.2) is 5.13 Å². The molecular weight excluding hydrogens is 364 g/mol. The molecule has 0 aliphatic carbocycles. The monoisotopic (exact) mass is 382 g/mol. The van der Waals surface area contributed by atoms with Crippen LogP contribution in [-0.4, -0.2) is 24.0 Å². The normalized spacial score (nSPS) is 10.3. The van der Waals surface area contributed by atoms with Crippen molar-refractivity contribution in [2.24, 2.45) is 0 Å². The largest absolute Gasteiger partial charge is 0.487 e. The Kier molecular flexibility index (Phi) is 5.83. The second kappa shape index (κ2) is 8.46. The number of carbonyl (C=O) groups excluding carboxylic acids is 2. The van der Waals surface area contributed by atoms with Crippen molar-refractivity contribution in [2.45, 2.75) is 13.5 Å². The van der Waals surface area contributed by atoms with Crippen molar-refractivity contribution in [3.05, 3.63) is 71.2 Å². The summed E-state index contributed by atoms with van der Waals surface area (Å²) in [5.41, 5.74) is 1.94. The molecule has 2 aromatic carbocycles. The van der Waals surface area contributed by atoms with Crippen LogP contribution in [-0.2, 0) is 16.1 Å². The molecule has 1 aromatic heterocycles. The van der Waals surface area contributed by atoms with Crippen molar-refractivity contribution in [3.63, 3.8) is 0 Å². The number of hydrogen-bond acceptors (Lipinski definition) is 6. The van der Waals surface area contributed by atoms with Crippen molar-refractivity contribution in [1.29, 1.82) is 0 Å². The van der Waals surface area contributed by atoms with Gasteiger partial charge in [0, 0.05) is 12.3 Å². The molecule has 0 atom stereocenters. The van der Waals surface area contributed by atoms with E-state index < -0.39 is 5.97 Å². The van der Waals surface area contributed by atoms with E-state index in [0.717, 1.165) is 5.69 Å². The van der Waals surface area contributed by atoms with E-state index in [-0.39, 0.29) is 12.5 Å². The topological polar surface area (TPSA) is 68.7 Å². The molecule has 1 heterocycles. The fraction of sp³-hybridized carbons (Fsp3) is 0.150. The second-order valence-electron chi connectivity index (χ2n) is 5.62. The number of thiazole rings is 1. The summed E-state index contributed by atoms with van der Waals surface area (Å²) >= 11 is 1.38. The van der Waals surface area contributed by atoms with Crippen LogP contribution in [0.4, 0.5) is 10.8 Å². The molecule has 0 N–H and O–H groups in total. The van der Waals surface area contributed by atoms with Crippen molar-refractivity contribution in [1.82, 2.24) is 4.98 Å². The molecule has 1 amide bonds. The number of carbonyl (C=O) groups is 2. The standard InChI is InChI=1S/C20H18N2O4S/c1-14(23)22(17-6-4-3-5-7-17)20-21-16(13-27-20)12-26-18-10-8-15(9-11-18)19(24)25-2/h3-11,13H,12H2,1-2H3. The molecule has 3 aromatic rings. The third-order valence-electron chi connectivity index (χ3n) is 3.72. The van der Waals surface area contributed by atoms with E-state index in [1.54, 1.807) is 29.2 Å². The number of nitrogens with zero attached hydrogens (tertiary/aromatic N) is 2. The summed E-state index contributed by atoms with van der Waals surface area (Å²) in [7, 11) is 1.34. The van der Waals surface area contributed by atoms with E-state index in [1.807, 2.05) is 35.7 Å². The molecule has 0 unspecified atom stereocenters. The lowest BCUT2D eigenvalue weighted by atomic mass is 10.2. The van der Waals surface area contributed by atoms with Gasteiger partial charge in [-0.3, -0.25) is 9.69 Å². The minimum absolute atomic E-state index is 0.110. The van der Waals surface area contributed by atoms with Crippen LogP contribution in [0.15, 0.2) is 60.0 Å². The van der Waals surface area contributed by atoms with Crippen LogP contribution in [0.3, 0.4) is 0 Å². The minimum Gasteiger partial charge on any atom is -0.487 e. The fourth-order valence-corrected chi connectivity index (χ4v) is 3.30. The SMILES string of the molecule is COC(=O)c1ccc(OCc2csc(N(C(C)=O)c3ccccc3)n2)cc1. The number of aromatic nitrogens is 1. The lowest BCUT2D eigenvalue weighted by molar-refractivity contribution is -0.115. The zero-order valence-electron chi connectivity index (χ0n) is 14.9. The number of rotatable bonds is 6. The molecule has 27 heavy (non-hydrogen) atoms. The summed E-state index contributed by atoms with van der Waals surface area (Å²) in [5, 5.41) is 2.45. The van der Waals surface area contributed by atoms with Gasteiger partial charge in [0.2, 0.25) is 5.91 Å². The van der Waals surface area contributed by atoms with E-state index >= 15 is 0 Å². The van der Waals surface area contributed by atoms with Crippen LogP contribution in [0, 0.1) is 0 Å². The molecule has 6 nitrogen and oxygen atoms in total. The Labute approximate surface area is 161 Å². The molecule has 0 aliphatic heterocycles. The van der Waals surface area contributed by atoms with Gasteiger partial charge in [-0.2, -0.15) is 0 Å². The van der Waals surface area contributed by atoms with Crippen LogP contribution in [0.2, 0.25) is 0 Å². The molecule has 0 aliphatic rings.